The molecule has 0 bridgehead atoms. The smallest absolute Gasteiger partial charge is 0.660 e. The van der Waals surface area contributed by atoms with E-state index in [-0.39, 0.29) is 105 Å². The molecule has 5 heteroatoms. The fourth-order valence-electron chi connectivity index (χ4n) is 1.95. The van der Waals surface area contributed by atoms with E-state index in [0.29, 0.717) is 0 Å². The van der Waals surface area contributed by atoms with Crippen LogP contribution in [0.25, 0.3) is 5.32 Å². The molecule has 24 heavy (non-hydrogen) atoms. The van der Waals surface area contributed by atoms with Gasteiger partial charge in [-0.3, -0.25) is 24.3 Å². The molecule has 1 saturated heterocycles. The molecule has 123 valence electrons. The Morgan fingerprint density at radius 1 is 0.917 bits per heavy atom. The summed E-state index contributed by atoms with van der Waals surface area (Å²) < 4.78 is 0. The van der Waals surface area contributed by atoms with Gasteiger partial charge in [0, 0.05) is 60.3 Å². The van der Waals surface area contributed by atoms with Crippen molar-refractivity contribution in [3.8, 4) is 0 Å². The summed E-state index contributed by atoms with van der Waals surface area (Å²) in [7, 11) is 0. The number of rotatable bonds is 2. The Kier molecular flexibility index (Phi) is 29.0. The number of nitrogens with zero attached hydrogens (tertiary/aromatic N) is 2. The molecule has 0 N–H and O–H groups in total. The average molecular weight is 593 g/mol. The molecule has 0 atom stereocenters. The van der Waals surface area contributed by atoms with E-state index >= 15 is 0 Å². The minimum absolute atomic E-state index is 0. The fraction of sp³-hybridized carbons (Fsp3) is 0.368. The second-order valence-corrected chi connectivity index (χ2v) is 4.43. The molecule has 1 fully saturated rings. The van der Waals surface area contributed by atoms with Gasteiger partial charge in [-0.15, -0.1) is 13.1 Å². The van der Waals surface area contributed by atoms with Gasteiger partial charge in [0.1, 0.15) is 0 Å². The first-order valence-electron chi connectivity index (χ1n) is 7.67. The van der Waals surface area contributed by atoms with Crippen LogP contribution in [0.15, 0.2) is 54.6 Å². The number of hydrogen-bond acceptors (Lipinski definition) is 1. The van der Waals surface area contributed by atoms with Gasteiger partial charge >= 0.3 is 51.4 Å². The topological polar surface area (TPSA) is 17.3 Å². The molecular formula is C19H25KN2WY-2. The van der Waals surface area contributed by atoms with E-state index in [9.17, 15) is 0 Å². The van der Waals surface area contributed by atoms with Crippen LogP contribution >= 0.6 is 0 Å². The first-order chi connectivity index (χ1) is 10.4. The monoisotopic (exact) mass is 593 g/mol. The fourth-order valence-corrected chi connectivity index (χ4v) is 1.95. The Hall–Kier alpha value is 1.79. The second-order valence-electron chi connectivity index (χ2n) is 4.43. The molecule has 0 aromatic heterocycles. The molecule has 0 saturated carbocycles. The molecule has 0 unspecified atom stereocenters. The van der Waals surface area contributed by atoms with Gasteiger partial charge in [-0.25, -0.2) is 0 Å². The summed E-state index contributed by atoms with van der Waals surface area (Å²) in [6, 6.07) is 23.6. The summed E-state index contributed by atoms with van der Waals surface area (Å²) in [5.41, 5.74) is 1.41. The summed E-state index contributed by atoms with van der Waals surface area (Å²) in [5, 5.41) is 4.33. The zero-order chi connectivity index (χ0) is 15.2. The molecular weight excluding hydrogens is 568 g/mol. The van der Waals surface area contributed by atoms with E-state index in [2.05, 4.69) is 52.7 Å². The van der Waals surface area contributed by atoms with E-state index in [1.54, 1.807) is 0 Å². The largest absolute Gasteiger partial charge is 1.00 e. The zero-order valence-electron chi connectivity index (χ0n) is 15.1. The zero-order valence-corrected chi connectivity index (χ0v) is 24.0. The molecule has 1 aliphatic rings. The number of benzene rings is 2. The van der Waals surface area contributed by atoms with Gasteiger partial charge in [0.2, 0.25) is 0 Å². The molecule has 3 rings (SSSR count). The van der Waals surface area contributed by atoms with Gasteiger partial charge < -0.3 is 22.3 Å². The minimum atomic E-state index is 0. The summed E-state index contributed by atoms with van der Waals surface area (Å²) >= 11 is 0. The second kappa shape index (κ2) is 22.8. The molecule has 0 spiro atoms. The third-order valence-corrected chi connectivity index (χ3v) is 2.95. The summed E-state index contributed by atoms with van der Waals surface area (Å²) in [6.45, 7) is 9.33. The van der Waals surface area contributed by atoms with Crippen LogP contribution in [0, 0.1) is 12.1 Å². The van der Waals surface area contributed by atoms with Gasteiger partial charge in [0.15, 0.2) is 0 Å². The van der Waals surface area contributed by atoms with E-state index in [1.165, 1.54) is 5.56 Å². The van der Waals surface area contributed by atoms with Crippen molar-refractivity contribution in [2.75, 3.05) is 26.2 Å². The van der Waals surface area contributed by atoms with Crippen LogP contribution in [0.5, 0.6) is 0 Å². The molecule has 2 aromatic carbocycles. The quantitative estimate of drug-likeness (QED) is 0.378. The van der Waals surface area contributed by atoms with E-state index in [4.69, 9.17) is 0 Å². The van der Waals surface area contributed by atoms with Crippen LogP contribution in [-0.4, -0.2) is 31.1 Å². The van der Waals surface area contributed by atoms with Crippen molar-refractivity contribution >= 4 is 0 Å². The number of hydrogen-bond donors (Lipinski definition) is 0. The van der Waals surface area contributed by atoms with E-state index in [1.807, 2.05) is 38.1 Å². The van der Waals surface area contributed by atoms with Crippen molar-refractivity contribution in [1.29, 1.82) is 0 Å². The number of piperazine rings is 1. The van der Waals surface area contributed by atoms with Crippen molar-refractivity contribution in [3.63, 3.8) is 0 Å². The van der Waals surface area contributed by atoms with E-state index < -0.39 is 0 Å². The van der Waals surface area contributed by atoms with Gasteiger partial charge in [-0.1, -0.05) is 44.2 Å². The first-order valence-corrected chi connectivity index (χ1v) is 7.67. The summed E-state index contributed by atoms with van der Waals surface area (Å²) in [6.07, 6.45) is 0. The van der Waals surface area contributed by atoms with Gasteiger partial charge in [-0.05, 0) is 18.7 Å². The molecule has 1 radical (unpaired) electrons. The van der Waals surface area contributed by atoms with Crippen molar-refractivity contribution in [2.45, 2.75) is 20.4 Å². The van der Waals surface area contributed by atoms with Crippen LogP contribution in [0.2, 0.25) is 0 Å². The van der Waals surface area contributed by atoms with Crippen LogP contribution in [0.4, 0.5) is 0 Å². The van der Waals surface area contributed by atoms with Crippen molar-refractivity contribution in [2.24, 2.45) is 0 Å². The predicted octanol–water partition coefficient (Wildman–Crippen LogP) is 1.19. The van der Waals surface area contributed by atoms with E-state index in [0.717, 1.165) is 32.7 Å². The third kappa shape index (κ3) is 16.0. The normalized spacial score (nSPS) is 12.4. The predicted molar refractivity (Wildman–Crippen MR) is 90.3 cm³/mol. The average Bonchev–Trinajstić information content (AvgIpc) is 2.61. The SMILES string of the molecule is CC.[K+].[W].[Y].[c-]1cc[c-]cc1.c1ccc(CN2CC[N-]CC2)cc1. The minimum Gasteiger partial charge on any atom is -0.660 e. The van der Waals surface area contributed by atoms with Gasteiger partial charge in [-0.2, -0.15) is 0 Å². The Bertz CT molecular complexity index is 413. The van der Waals surface area contributed by atoms with Crippen molar-refractivity contribution in [1.82, 2.24) is 4.90 Å². The molecule has 1 aliphatic heterocycles. The molecule has 1 heterocycles. The third-order valence-electron chi connectivity index (χ3n) is 2.95. The Balaban J connectivity index is -0.000000347. The maximum atomic E-state index is 4.33. The van der Waals surface area contributed by atoms with Crippen LogP contribution in [0.3, 0.4) is 0 Å². The Labute approximate surface area is 230 Å². The van der Waals surface area contributed by atoms with Crippen LogP contribution < -0.4 is 51.4 Å². The van der Waals surface area contributed by atoms with Crippen molar-refractivity contribution < 1.29 is 105 Å². The Morgan fingerprint density at radius 3 is 1.79 bits per heavy atom. The standard InChI is InChI=1S/C11H15N2.C6H4.C2H6.K.W.Y/c1-2-4-11(5-3-1)10-13-8-6-12-7-9-13;1-2-4-6-5-3-1;1-2;;;/h1-5H,6-10H2;1-2,5-6H;1-2H3;;;/q-1;-2;;+1;;. The molecule has 2 aromatic rings. The maximum absolute atomic E-state index is 4.33. The van der Waals surface area contributed by atoms with Gasteiger partial charge in [0.25, 0.3) is 0 Å². The summed E-state index contributed by atoms with van der Waals surface area (Å²) in [4.78, 5) is 2.46. The van der Waals surface area contributed by atoms with Crippen LogP contribution in [-0.2, 0) is 60.3 Å². The van der Waals surface area contributed by atoms with Gasteiger partial charge in [0.05, 0.1) is 0 Å². The summed E-state index contributed by atoms with van der Waals surface area (Å²) in [5.74, 6) is 0. The Morgan fingerprint density at radius 2 is 1.38 bits per heavy atom. The molecule has 0 amide bonds. The maximum Gasteiger partial charge on any atom is 1.00 e. The van der Waals surface area contributed by atoms with Crippen molar-refractivity contribution in [3.05, 3.63) is 77.6 Å². The molecule has 0 aliphatic carbocycles. The first kappa shape index (κ1) is 30.5. The molecule has 2 nitrogen and oxygen atoms in total. The van der Waals surface area contributed by atoms with Crippen LogP contribution in [0.1, 0.15) is 19.4 Å².